The minimum absolute atomic E-state index is 0.0825. The van der Waals surface area contributed by atoms with Gasteiger partial charge in [0.15, 0.2) is 0 Å². The molecule has 5 heteroatoms. The Kier molecular flexibility index (Phi) is 6.66. The number of amides is 1. The lowest BCUT2D eigenvalue weighted by atomic mass is 9.78. The van der Waals surface area contributed by atoms with E-state index in [4.69, 9.17) is 0 Å². The highest BCUT2D eigenvalue weighted by molar-refractivity contribution is 5.84. The quantitative estimate of drug-likeness (QED) is 0.582. The van der Waals surface area contributed by atoms with Crippen molar-refractivity contribution in [2.24, 2.45) is 5.41 Å². The van der Waals surface area contributed by atoms with E-state index in [1.807, 2.05) is 50.4 Å². The van der Waals surface area contributed by atoms with Crippen LogP contribution in [0.2, 0.25) is 0 Å². The Labute approximate surface area is 189 Å². The number of benzene rings is 2. The van der Waals surface area contributed by atoms with Gasteiger partial charge in [0, 0.05) is 37.1 Å². The molecule has 0 bridgehead atoms. The molecule has 1 aliphatic rings. The van der Waals surface area contributed by atoms with Crippen LogP contribution in [0.4, 0.5) is 4.39 Å². The van der Waals surface area contributed by atoms with Crippen molar-refractivity contribution >= 4 is 5.91 Å². The molecule has 1 unspecified atom stereocenters. The lowest BCUT2D eigenvalue weighted by Crippen LogP contribution is -2.46. The standard InChI is InChI=1S/C27H30FN3O/c1-20(2)30-26(32)27(13-15-31(19-27)18-21-9-11-24(28)12-10-21)16-22-6-3-4-8-25(22)23-7-5-14-29-17-23/h3-12,14,17,20H,13,15-16,18-19H2,1-2H3,(H,30,32). The van der Waals surface area contributed by atoms with E-state index in [0.29, 0.717) is 19.5 Å². The number of hydrogen-bond acceptors (Lipinski definition) is 3. The van der Waals surface area contributed by atoms with E-state index < -0.39 is 5.41 Å². The molecule has 32 heavy (non-hydrogen) atoms. The van der Waals surface area contributed by atoms with Crippen molar-refractivity contribution < 1.29 is 9.18 Å². The van der Waals surface area contributed by atoms with Gasteiger partial charge in [-0.1, -0.05) is 42.5 Å². The predicted octanol–water partition coefficient (Wildman–Crippen LogP) is 4.85. The van der Waals surface area contributed by atoms with E-state index >= 15 is 0 Å². The first kappa shape index (κ1) is 22.2. The van der Waals surface area contributed by atoms with Crippen LogP contribution < -0.4 is 5.32 Å². The molecule has 2 aromatic carbocycles. The summed E-state index contributed by atoms with van der Waals surface area (Å²) in [5.41, 5.74) is 3.88. The third-order valence-electron chi connectivity index (χ3n) is 6.17. The highest BCUT2D eigenvalue weighted by atomic mass is 19.1. The van der Waals surface area contributed by atoms with E-state index in [1.165, 1.54) is 12.1 Å². The molecule has 1 aliphatic heterocycles. The molecular formula is C27H30FN3O. The third-order valence-corrected chi connectivity index (χ3v) is 6.17. The minimum Gasteiger partial charge on any atom is -0.353 e. The molecule has 4 rings (SSSR count). The van der Waals surface area contributed by atoms with Crippen LogP contribution in [0.25, 0.3) is 11.1 Å². The number of carbonyl (C=O) groups is 1. The second kappa shape index (κ2) is 9.61. The number of halogens is 1. The lowest BCUT2D eigenvalue weighted by molar-refractivity contribution is -0.131. The maximum atomic E-state index is 13.5. The topological polar surface area (TPSA) is 45.2 Å². The molecule has 1 fully saturated rings. The second-order valence-electron chi connectivity index (χ2n) is 9.07. The van der Waals surface area contributed by atoms with Crippen LogP contribution in [0.3, 0.4) is 0 Å². The zero-order chi connectivity index (χ0) is 22.6. The summed E-state index contributed by atoms with van der Waals surface area (Å²) in [4.78, 5) is 20.1. The van der Waals surface area contributed by atoms with Crippen molar-refractivity contribution in [3.63, 3.8) is 0 Å². The number of hydrogen-bond donors (Lipinski definition) is 1. The van der Waals surface area contributed by atoms with Crippen LogP contribution in [-0.4, -0.2) is 34.9 Å². The number of nitrogens with one attached hydrogen (secondary N) is 1. The van der Waals surface area contributed by atoms with Crippen molar-refractivity contribution in [2.45, 2.75) is 39.3 Å². The minimum atomic E-state index is -0.511. The SMILES string of the molecule is CC(C)NC(=O)C1(Cc2ccccc2-c2cccnc2)CCN(Cc2ccc(F)cc2)C1. The van der Waals surface area contributed by atoms with Gasteiger partial charge < -0.3 is 5.32 Å². The van der Waals surface area contributed by atoms with Gasteiger partial charge in [-0.05, 0) is 68.1 Å². The molecule has 1 saturated heterocycles. The van der Waals surface area contributed by atoms with Crippen molar-refractivity contribution in [2.75, 3.05) is 13.1 Å². The zero-order valence-corrected chi connectivity index (χ0v) is 18.7. The molecule has 0 aliphatic carbocycles. The number of likely N-dealkylation sites (tertiary alicyclic amines) is 1. The van der Waals surface area contributed by atoms with Gasteiger partial charge in [0.05, 0.1) is 5.41 Å². The summed E-state index contributed by atoms with van der Waals surface area (Å²) in [5, 5.41) is 3.17. The van der Waals surface area contributed by atoms with Crippen molar-refractivity contribution in [3.8, 4) is 11.1 Å². The van der Waals surface area contributed by atoms with E-state index in [1.54, 1.807) is 6.20 Å². The number of nitrogens with zero attached hydrogens (tertiary/aromatic N) is 2. The van der Waals surface area contributed by atoms with E-state index in [0.717, 1.165) is 35.2 Å². The Morgan fingerprint density at radius 2 is 1.91 bits per heavy atom. The van der Waals surface area contributed by atoms with Gasteiger partial charge in [0.1, 0.15) is 5.82 Å². The molecule has 4 nitrogen and oxygen atoms in total. The van der Waals surface area contributed by atoms with Gasteiger partial charge in [-0.25, -0.2) is 4.39 Å². The van der Waals surface area contributed by atoms with E-state index in [-0.39, 0.29) is 17.8 Å². The summed E-state index contributed by atoms with van der Waals surface area (Å²) >= 11 is 0. The fourth-order valence-electron chi connectivity index (χ4n) is 4.61. The summed E-state index contributed by atoms with van der Waals surface area (Å²) < 4.78 is 13.3. The van der Waals surface area contributed by atoms with E-state index in [9.17, 15) is 9.18 Å². The van der Waals surface area contributed by atoms with Gasteiger partial charge in [0.25, 0.3) is 0 Å². The number of pyridine rings is 1. The molecule has 1 atom stereocenters. The maximum Gasteiger partial charge on any atom is 0.228 e. The van der Waals surface area contributed by atoms with Crippen molar-refractivity contribution in [3.05, 3.63) is 90.0 Å². The first-order valence-electron chi connectivity index (χ1n) is 11.2. The second-order valence-corrected chi connectivity index (χ2v) is 9.07. The Morgan fingerprint density at radius 3 is 2.62 bits per heavy atom. The summed E-state index contributed by atoms with van der Waals surface area (Å²) in [6, 6.07) is 19.0. The Balaban J connectivity index is 1.61. The van der Waals surface area contributed by atoms with Gasteiger partial charge >= 0.3 is 0 Å². The Bertz CT molecular complexity index is 1050. The monoisotopic (exact) mass is 431 g/mol. The summed E-state index contributed by atoms with van der Waals surface area (Å²) in [6.07, 6.45) is 5.09. The average molecular weight is 432 g/mol. The number of rotatable bonds is 7. The summed E-state index contributed by atoms with van der Waals surface area (Å²) in [7, 11) is 0. The first-order valence-corrected chi connectivity index (χ1v) is 11.2. The largest absolute Gasteiger partial charge is 0.353 e. The molecular weight excluding hydrogens is 401 g/mol. The van der Waals surface area contributed by atoms with Crippen LogP contribution >= 0.6 is 0 Å². The molecule has 1 aromatic heterocycles. The van der Waals surface area contributed by atoms with Crippen LogP contribution in [0.15, 0.2) is 73.1 Å². The number of aromatic nitrogens is 1. The molecule has 0 spiro atoms. The first-order chi connectivity index (χ1) is 15.4. The van der Waals surface area contributed by atoms with Crippen molar-refractivity contribution in [1.82, 2.24) is 15.2 Å². The smallest absolute Gasteiger partial charge is 0.228 e. The molecule has 166 valence electrons. The summed E-state index contributed by atoms with van der Waals surface area (Å²) in [6.45, 7) is 6.21. The van der Waals surface area contributed by atoms with Crippen LogP contribution in [0, 0.1) is 11.2 Å². The maximum absolute atomic E-state index is 13.5. The Morgan fingerprint density at radius 1 is 1.12 bits per heavy atom. The van der Waals surface area contributed by atoms with Gasteiger partial charge in [-0.3, -0.25) is 14.7 Å². The summed E-state index contributed by atoms with van der Waals surface area (Å²) in [5.74, 6) is -0.122. The fourth-order valence-corrected chi connectivity index (χ4v) is 4.61. The normalized spacial score (nSPS) is 18.8. The van der Waals surface area contributed by atoms with Crippen LogP contribution in [0.5, 0.6) is 0 Å². The molecule has 0 radical (unpaired) electrons. The number of carbonyl (C=O) groups excluding carboxylic acids is 1. The van der Waals surface area contributed by atoms with Crippen LogP contribution in [0.1, 0.15) is 31.4 Å². The molecule has 1 N–H and O–H groups in total. The molecule has 2 heterocycles. The Hall–Kier alpha value is -3.05. The van der Waals surface area contributed by atoms with Gasteiger partial charge in [-0.15, -0.1) is 0 Å². The predicted molar refractivity (Wildman–Crippen MR) is 125 cm³/mol. The third kappa shape index (κ3) is 5.05. The average Bonchev–Trinajstić information content (AvgIpc) is 3.19. The van der Waals surface area contributed by atoms with Gasteiger partial charge in [-0.2, -0.15) is 0 Å². The molecule has 0 saturated carbocycles. The fraction of sp³-hybridized carbons (Fsp3) is 0.333. The van der Waals surface area contributed by atoms with Crippen molar-refractivity contribution in [1.29, 1.82) is 0 Å². The molecule has 1 amide bonds. The molecule has 3 aromatic rings. The van der Waals surface area contributed by atoms with Crippen LogP contribution in [-0.2, 0) is 17.8 Å². The zero-order valence-electron chi connectivity index (χ0n) is 18.7. The highest BCUT2D eigenvalue weighted by Crippen LogP contribution is 2.38. The lowest BCUT2D eigenvalue weighted by Gasteiger charge is -2.30. The highest BCUT2D eigenvalue weighted by Gasteiger charge is 2.45. The van der Waals surface area contributed by atoms with Gasteiger partial charge in [0.2, 0.25) is 5.91 Å². The van der Waals surface area contributed by atoms with E-state index in [2.05, 4.69) is 33.4 Å².